The summed E-state index contributed by atoms with van der Waals surface area (Å²) in [6.07, 6.45) is 1.49. The molecule has 0 atom stereocenters. The van der Waals surface area contributed by atoms with Crippen molar-refractivity contribution in [1.82, 2.24) is 5.43 Å². The summed E-state index contributed by atoms with van der Waals surface area (Å²) in [5, 5.41) is 5.10. The van der Waals surface area contributed by atoms with E-state index in [4.69, 9.17) is 37.4 Å². The van der Waals surface area contributed by atoms with Crippen LogP contribution in [0, 0.1) is 0 Å². The van der Waals surface area contributed by atoms with E-state index in [0.717, 1.165) is 5.56 Å². The third-order valence-corrected chi connectivity index (χ3v) is 4.93. The van der Waals surface area contributed by atoms with Gasteiger partial charge in [-0.2, -0.15) is 5.10 Å². The number of nitrogens with one attached hydrogen (secondary N) is 1. The second-order valence-corrected chi connectivity index (χ2v) is 7.17. The molecule has 0 aliphatic heterocycles. The van der Waals surface area contributed by atoms with Gasteiger partial charge in [-0.05, 0) is 48.5 Å². The molecule has 0 aromatic heterocycles. The van der Waals surface area contributed by atoms with Crippen molar-refractivity contribution >= 4 is 35.3 Å². The van der Waals surface area contributed by atoms with Crippen LogP contribution in [0.25, 0.3) is 0 Å². The molecule has 0 aliphatic rings. The number of halogens is 2. The molecule has 0 radical (unpaired) electrons. The lowest BCUT2D eigenvalue weighted by Crippen LogP contribution is -2.17. The Kier molecular flexibility index (Phi) is 7.76. The number of hydrazone groups is 1. The lowest BCUT2D eigenvalue weighted by atomic mass is 10.2. The maximum atomic E-state index is 12.3. The third-order valence-electron chi connectivity index (χ3n) is 4.34. The van der Waals surface area contributed by atoms with Gasteiger partial charge in [-0.3, -0.25) is 4.79 Å². The molecule has 0 heterocycles. The first kappa shape index (κ1) is 22.5. The second-order valence-electron chi connectivity index (χ2n) is 6.33. The summed E-state index contributed by atoms with van der Waals surface area (Å²) >= 11 is 12.2. The maximum Gasteiger partial charge on any atom is 0.271 e. The SMILES string of the molecule is COc1ccc(C(=O)N/N=C\c2cccc(OC)c2OCc2ccc(Cl)cc2Cl)cc1. The first-order valence-electron chi connectivity index (χ1n) is 9.23. The van der Waals surface area contributed by atoms with E-state index in [9.17, 15) is 4.79 Å². The summed E-state index contributed by atoms with van der Waals surface area (Å²) in [6.45, 7) is 0.204. The highest BCUT2D eigenvalue weighted by molar-refractivity contribution is 6.35. The molecular formula is C23H20Cl2N2O4. The summed E-state index contributed by atoms with van der Waals surface area (Å²) in [7, 11) is 3.11. The van der Waals surface area contributed by atoms with Gasteiger partial charge in [0, 0.05) is 26.7 Å². The van der Waals surface area contributed by atoms with E-state index in [1.54, 1.807) is 74.9 Å². The molecule has 0 fully saturated rings. The van der Waals surface area contributed by atoms with E-state index in [-0.39, 0.29) is 12.5 Å². The summed E-state index contributed by atoms with van der Waals surface area (Å²) < 4.78 is 16.5. The molecule has 0 saturated heterocycles. The molecule has 6 nitrogen and oxygen atoms in total. The normalized spacial score (nSPS) is 10.7. The molecule has 1 N–H and O–H groups in total. The lowest BCUT2D eigenvalue weighted by Gasteiger charge is -2.14. The number of carbonyl (C=O) groups is 1. The molecular weight excluding hydrogens is 439 g/mol. The van der Waals surface area contributed by atoms with Gasteiger partial charge in [-0.25, -0.2) is 5.43 Å². The zero-order valence-electron chi connectivity index (χ0n) is 16.9. The highest BCUT2D eigenvalue weighted by Crippen LogP contribution is 2.32. The van der Waals surface area contributed by atoms with Crippen molar-refractivity contribution in [3.63, 3.8) is 0 Å². The van der Waals surface area contributed by atoms with Crippen molar-refractivity contribution in [2.45, 2.75) is 6.61 Å². The average molecular weight is 459 g/mol. The summed E-state index contributed by atoms with van der Waals surface area (Å²) in [6, 6.07) is 17.3. The highest BCUT2D eigenvalue weighted by atomic mass is 35.5. The number of hydrogen-bond donors (Lipinski definition) is 1. The van der Waals surface area contributed by atoms with Gasteiger partial charge in [0.05, 0.1) is 20.4 Å². The van der Waals surface area contributed by atoms with Gasteiger partial charge in [0.1, 0.15) is 12.4 Å². The Balaban J connectivity index is 1.73. The fraction of sp³-hybridized carbons (Fsp3) is 0.130. The van der Waals surface area contributed by atoms with Crippen molar-refractivity contribution in [3.05, 3.63) is 87.4 Å². The van der Waals surface area contributed by atoms with E-state index in [1.807, 2.05) is 0 Å². The van der Waals surface area contributed by atoms with Gasteiger partial charge >= 0.3 is 0 Å². The largest absolute Gasteiger partial charge is 0.497 e. The molecule has 3 rings (SSSR count). The van der Waals surface area contributed by atoms with Gasteiger partial charge in [-0.15, -0.1) is 0 Å². The van der Waals surface area contributed by atoms with Gasteiger partial charge in [-0.1, -0.05) is 35.3 Å². The molecule has 0 aliphatic carbocycles. The Labute approximate surface area is 190 Å². The average Bonchev–Trinajstić information content (AvgIpc) is 2.78. The molecule has 1 amide bonds. The fourth-order valence-corrected chi connectivity index (χ4v) is 3.17. The van der Waals surface area contributed by atoms with Crippen LogP contribution in [0.2, 0.25) is 10.0 Å². The molecule has 31 heavy (non-hydrogen) atoms. The second kappa shape index (κ2) is 10.7. The number of nitrogens with zero attached hydrogens (tertiary/aromatic N) is 1. The van der Waals surface area contributed by atoms with E-state index in [0.29, 0.717) is 38.4 Å². The van der Waals surface area contributed by atoms with Crippen molar-refractivity contribution in [1.29, 1.82) is 0 Å². The summed E-state index contributed by atoms with van der Waals surface area (Å²) in [5.74, 6) is 1.31. The van der Waals surface area contributed by atoms with Crippen LogP contribution < -0.4 is 19.6 Å². The van der Waals surface area contributed by atoms with E-state index < -0.39 is 0 Å². The Bertz CT molecular complexity index is 1090. The van der Waals surface area contributed by atoms with Gasteiger partial charge < -0.3 is 14.2 Å². The number of rotatable bonds is 8. The van der Waals surface area contributed by atoms with Crippen LogP contribution in [0.3, 0.4) is 0 Å². The predicted molar refractivity (Wildman–Crippen MR) is 122 cm³/mol. The Morgan fingerprint density at radius 2 is 1.81 bits per heavy atom. The number of carbonyl (C=O) groups excluding carboxylic acids is 1. The highest BCUT2D eigenvalue weighted by Gasteiger charge is 2.11. The molecule has 3 aromatic rings. The number of para-hydroxylation sites is 1. The topological polar surface area (TPSA) is 69.2 Å². The summed E-state index contributed by atoms with van der Waals surface area (Å²) in [5.41, 5.74) is 4.35. The number of hydrogen-bond acceptors (Lipinski definition) is 5. The quantitative estimate of drug-likeness (QED) is 0.364. The van der Waals surface area contributed by atoms with Gasteiger partial charge in [0.25, 0.3) is 5.91 Å². The van der Waals surface area contributed by atoms with Crippen molar-refractivity contribution in [2.75, 3.05) is 14.2 Å². The Morgan fingerprint density at radius 3 is 2.48 bits per heavy atom. The van der Waals surface area contributed by atoms with E-state index >= 15 is 0 Å². The number of amides is 1. The minimum atomic E-state index is -0.350. The first-order chi connectivity index (χ1) is 15.0. The van der Waals surface area contributed by atoms with Crippen LogP contribution in [0.5, 0.6) is 17.2 Å². The van der Waals surface area contributed by atoms with Crippen LogP contribution in [-0.2, 0) is 6.61 Å². The number of benzene rings is 3. The lowest BCUT2D eigenvalue weighted by molar-refractivity contribution is 0.0955. The van der Waals surface area contributed by atoms with Crippen LogP contribution in [-0.4, -0.2) is 26.3 Å². The van der Waals surface area contributed by atoms with E-state index in [1.165, 1.54) is 6.21 Å². The minimum absolute atomic E-state index is 0.204. The van der Waals surface area contributed by atoms with Crippen LogP contribution in [0.15, 0.2) is 65.8 Å². The third kappa shape index (κ3) is 5.90. The van der Waals surface area contributed by atoms with Crippen LogP contribution in [0.4, 0.5) is 0 Å². The summed E-state index contributed by atoms with van der Waals surface area (Å²) in [4.78, 5) is 12.3. The van der Waals surface area contributed by atoms with E-state index in [2.05, 4.69) is 10.5 Å². The molecule has 0 bridgehead atoms. The monoisotopic (exact) mass is 458 g/mol. The van der Waals surface area contributed by atoms with Gasteiger partial charge in [0.2, 0.25) is 0 Å². The fourth-order valence-electron chi connectivity index (χ4n) is 2.71. The zero-order chi connectivity index (χ0) is 22.2. The molecule has 3 aromatic carbocycles. The molecule has 0 unspecified atom stereocenters. The standard InChI is InChI=1S/C23H20Cl2N2O4/c1-29-19-10-7-15(8-11-19)23(28)27-26-13-16-4-3-5-21(30-2)22(16)31-14-17-6-9-18(24)12-20(17)25/h3-13H,14H2,1-2H3,(H,27,28)/b26-13-. The maximum absolute atomic E-state index is 12.3. The minimum Gasteiger partial charge on any atom is -0.497 e. The Morgan fingerprint density at radius 1 is 1.03 bits per heavy atom. The van der Waals surface area contributed by atoms with Gasteiger partial charge in [0.15, 0.2) is 11.5 Å². The van der Waals surface area contributed by atoms with Crippen molar-refractivity contribution in [3.8, 4) is 17.2 Å². The number of ether oxygens (including phenoxy) is 3. The first-order valence-corrected chi connectivity index (χ1v) is 9.98. The molecule has 0 spiro atoms. The number of methoxy groups -OCH3 is 2. The predicted octanol–water partition coefficient (Wildman–Crippen LogP) is 5.35. The zero-order valence-corrected chi connectivity index (χ0v) is 18.4. The molecule has 8 heteroatoms. The smallest absolute Gasteiger partial charge is 0.271 e. The van der Waals surface area contributed by atoms with Crippen LogP contribution in [0.1, 0.15) is 21.5 Å². The Hall–Kier alpha value is -3.22. The van der Waals surface area contributed by atoms with Crippen LogP contribution >= 0.6 is 23.2 Å². The van der Waals surface area contributed by atoms with Crippen molar-refractivity contribution in [2.24, 2.45) is 5.10 Å². The molecule has 160 valence electrons. The molecule has 0 saturated carbocycles. The van der Waals surface area contributed by atoms with Crippen molar-refractivity contribution < 1.29 is 19.0 Å².